The Morgan fingerprint density at radius 2 is 1.84 bits per heavy atom. The molecule has 14 heteroatoms. The number of carbonyl (C=O) groups is 1. The molecule has 2 amide bonds. The van der Waals surface area contributed by atoms with E-state index in [1.807, 2.05) is 0 Å². The lowest BCUT2D eigenvalue weighted by Crippen LogP contribution is -2.36. The number of alkyl halides is 6. The summed E-state index contributed by atoms with van der Waals surface area (Å²) in [7, 11) is 1.26. The number of rotatable bonds is 4. The standard InChI is InChI=1S/C18H13ClF6N6O/c1-31(15-13(19)8-11(9-27-15)18(23,24)25)30-14(5-6-26)29-16(32)28-12-4-2-3-10(7-12)17(20,21)22/h2-4,7-9H,5H2,1H3,(H2,28,29,30,32). The summed E-state index contributed by atoms with van der Waals surface area (Å²) in [5.41, 5.74) is -2.24. The lowest BCUT2D eigenvalue weighted by molar-refractivity contribution is -0.138. The number of nitriles is 1. The number of hydrogen-bond acceptors (Lipinski definition) is 5. The maximum absolute atomic E-state index is 12.8. The van der Waals surface area contributed by atoms with E-state index in [2.05, 4.69) is 20.7 Å². The van der Waals surface area contributed by atoms with Crippen LogP contribution in [0.5, 0.6) is 0 Å². The van der Waals surface area contributed by atoms with E-state index in [1.54, 1.807) is 6.07 Å². The number of urea groups is 1. The minimum Gasteiger partial charge on any atom is -0.308 e. The molecule has 0 fully saturated rings. The van der Waals surface area contributed by atoms with Gasteiger partial charge in [0.1, 0.15) is 5.84 Å². The van der Waals surface area contributed by atoms with Crippen molar-refractivity contribution in [2.45, 2.75) is 18.8 Å². The zero-order valence-electron chi connectivity index (χ0n) is 16.0. The Kier molecular flexibility index (Phi) is 7.52. The molecule has 0 aliphatic rings. The first-order valence-electron chi connectivity index (χ1n) is 8.47. The van der Waals surface area contributed by atoms with E-state index in [9.17, 15) is 31.1 Å². The molecule has 2 N–H and O–H groups in total. The summed E-state index contributed by atoms with van der Waals surface area (Å²) in [6.07, 6.45) is -9.19. The van der Waals surface area contributed by atoms with Gasteiger partial charge in [-0.15, -0.1) is 0 Å². The predicted octanol–water partition coefficient (Wildman–Crippen LogP) is 5.26. The maximum Gasteiger partial charge on any atom is 0.417 e. The average Bonchev–Trinajstić information content (AvgIpc) is 2.66. The van der Waals surface area contributed by atoms with Gasteiger partial charge in [-0.1, -0.05) is 17.7 Å². The molecule has 0 saturated carbocycles. The Bertz CT molecular complexity index is 1060. The number of hydrazone groups is 1. The van der Waals surface area contributed by atoms with E-state index in [4.69, 9.17) is 16.9 Å². The first kappa shape index (κ1) is 24.7. The highest BCUT2D eigenvalue weighted by atomic mass is 35.5. The quantitative estimate of drug-likeness (QED) is 0.271. The van der Waals surface area contributed by atoms with Gasteiger partial charge in [0.2, 0.25) is 0 Å². The Morgan fingerprint density at radius 1 is 1.19 bits per heavy atom. The molecule has 1 aromatic heterocycles. The van der Waals surface area contributed by atoms with Crippen molar-refractivity contribution in [1.29, 1.82) is 5.26 Å². The zero-order chi connectivity index (χ0) is 24.1. The molecule has 170 valence electrons. The molecule has 7 nitrogen and oxygen atoms in total. The molecule has 32 heavy (non-hydrogen) atoms. The number of aromatic nitrogens is 1. The number of halogens is 7. The third-order valence-corrected chi connectivity index (χ3v) is 3.96. The zero-order valence-corrected chi connectivity index (χ0v) is 16.8. The maximum atomic E-state index is 12.8. The largest absolute Gasteiger partial charge is 0.417 e. The number of nitrogens with one attached hydrogen (secondary N) is 2. The van der Waals surface area contributed by atoms with Crippen molar-refractivity contribution in [3.63, 3.8) is 0 Å². The Balaban J connectivity index is 2.18. The summed E-state index contributed by atoms with van der Waals surface area (Å²) in [6, 6.07) is 5.18. The van der Waals surface area contributed by atoms with Crippen molar-refractivity contribution >= 4 is 35.0 Å². The number of anilines is 2. The molecule has 0 radical (unpaired) electrons. The second kappa shape index (κ2) is 9.73. The fourth-order valence-corrected chi connectivity index (χ4v) is 2.59. The van der Waals surface area contributed by atoms with Crippen LogP contribution in [0, 0.1) is 11.3 Å². The summed E-state index contributed by atoms with van der Waals surface area (Å²) in [5, 5.41) is 17.7. The highest BCUT2D eigenvalue weighted by Gasteiger charge is 2.32. The third kappa shape index (κ3) is 6.74. The molecule has 0 spiro atoms. The van der Waals surface area contributed by atoms with E-state index in [1.165, 1.54) is 13.1 Å². The molecule has 0 aliphatic heterocycles. The lowest BCUT2D eigenvalue weighted by Gasteiger charge is -2.17. The van der Waals surface area contributed by atoms with E-state index in [0.29, 0.717) is 18.3 Å². The Hall–Kier alpha value is -3.53. The number of amides is 2. The van der Waals surface area contributed by atoms with Gasteiger partial charge in [-0.25, -0.2) is 14.8 Å². The number of hydrogen-bond donors (Lipinski definition) is 2. The van der Waals surface area contributed by atoms with Gasteiger partial charge in [-0.3, -0.25) is 5.32 Å². The van der Waals surface area contributed by atoms with Crippen LogP contribution in [0.15, 0.2) is 41.6 Å². The van der Waals surface area contributed by atoms with Gasteiger partial charge >= 0.3 is 18.4 Å². The summed E-state index contributed by atoms with van der Waals surface area (Å²) in [5.74, 6) is -0.465. The number of amidine groups is 1. The lowest BCUT2D eigenvalue weighted by atomic mass is 10.2. The summed E-state index contributed by atoms with van der Waals surface area (Å²) in [4.78, 5) is 15.7. The minimum atomic E-state index is -4.66. The first-order valence-corrected chi connectivity index (χ1v) is 8.85. The van der Waals surface area contributed by atoms with Crippen LogP contribution in [0.2, 0.25) is 5.02 Å². The van der Waals surface area contributed by atoms with E-state index in [0.717, 1.165) is 17.1 Å². The summed E-state index contributed by atoms with van der Waals surface area (Å²) >= 11 is 5.83. The van der Waals surface area contributed by atoms with Crippen molar-refractivity contribution in [3.05, 3.63) is 52.7 Å². The van der Waals surface area contributed by atoms with Gasteiger partial charge < -0.3 is 5.32 Å². The van der Waals surface area contributed by atoms with Gasteiger partial charge in [0.15, 0.2) is 5.82 Å². The number of benzene rings is 1. The van der Waals surface area contributed by atoms with Gasteiger partial charge in [-0.05, 0) is 24.3 Å². The van der Waals surface area contributed by atoms with Crippen LogP contribution < -0.4 is 15.6 Å². The molecule has 0 bridgehead atoms. The van der Waals surface area contributed by atoms with Crippen LogP contribution in [-0.2, 0) is 12.4 Å². The van der Waals surface area contributed by atoms with E-state index in [-0.39, 0.29) is 17.3 Å². The molecular weight excluding hydrogens is 466 g/mol. The second-order valence-corrected chi connectivity index (χ2v) is 6.50. The molecule has 0 unspecified atom stereocenters. The fourth-order valence-electron chi connectivity index (χ4n) is 2.30. The van der Waals surface area contributed by atoms with Crippen molar-refractivity contribution in [3.8, 4) is 6.07 Å². The summed E-state index contributed by atoms with van der Waals surface area (Å²) in [6.45, 7) is 0. The van der Waals surface area contributed by atoms with Crippen LogP contribution in [0.1, 0.15) is 17.5 Å². The second-order valence-electron chi connectivity index (χ2n) is 6.09. The monoisotopic (exact) mass is 478 g/mol. The molecule has 1 heterocycles. The van der Waals surface area contributed by atoms with Crippen LogP contribution in [-0.4, -0.2) is 23.9 Å². The third-order valence-electron chi connectivity index (χ3n) is 3.68. The highest BCUT2D eigenvalue weighted by Crippen LogP contribution is 2.33. The number of nitrogens with zero attached hydrogens (tertiary/aromatic N) is 4. The molecule has 0 atom stereocenters. The van der Waals surface area contributed by atoms with Crippen LogP contribution in [0.25, 0.3) is 0 Å². The van der Waals surface area contributed by atoms with Gasteiger partial charge in [-0.2, -0.15) is 36.7 Å². The smallest absolute Gasteiger partial charge is 0.308 e. The molecule has 2 aromatic rings. The Morgan fingerprint density at radius 3 is 2.41 bits per heavy atom. The van der Waals surface area contributed by atoms with Gasteiger partial charge in [0.05, 0.1) is 28.6 Å². The minimum absolute atomic E-state index is 0.172. The van der Waals surface area contributed by atoms with Crippen molar-refractivity contribution in [2.24, 2.45) is 5.10 Å². The molecule has 1 aromatic carbocycles. The van der Waals surface area contributed by atoms with E-state index < -0.39 is 41.0 Å². The topological polar surface area (TPSA) is 93.4 Å². The molecule has 2 rings (SSSR count). The first-order chi connectivity index (χ1) is 14.8. The van der Waals surface area contributed by atoms with E-state index >= 15 is 0 Å². The van der Waals surface area contributed by atoms with Crippen molar-refractivity contribution in [1.82, 2.24) is 10.3 Å². The predicted molar refractivity (Wildman–Crippen MR) is 104 cm³/mol. The van der Waals surface area contributed by atoms with Crippen LogP contribution >= 0.6 is 11.6 Å². The summed E-state index contributed by atoms with van der Waals surface area (Å²) < 4.78 is 76.5. The number of carbonyl (C=O) groups excluding carboxylic acids is 1. The van der Waals surface area contributed by atoms with Crippen LogP contribution in [0.4, 0.5) is 42.6 Å². The molecular formula is C18H13ClF6N6O. The fraction of sp³-hybridized carbons (Fsp3) is 0.222. The normalized spacial score (nSPS) is 12.2. The van der Waals surface area contributed by atoms with Gasteiger partial charge in [0.25, 0.3) is 0 Å². The molecule has 0 saturated heterocycles. The van der Waals surface area contributed by atoms with Gasteiger partial charge in [0, 0.05) is 18.9 Å². The highest BCUT2D eigenvalue weighted by molar-refractivity contribution is 6.33. The Labute approximate surface area is 182 Å². The van der Waals surface area contributed by atoms with Crippen molar-refractivity contribution < 1.29 is 31.1 Å². The molecule has 0 aliphatic carbocycles. The average molecular weight is 479 g/mol. The number of pyridine rings is 1. The van der Waals surface area contributed by atoms with Crippen LogP contribution in [0.3, 0.4) is 0 Å². The van der Waals surface area contributed by atoms with Crippen molar-refractivity contribution in [2.75, 3.05) is 17.4 Å². The SMILES string of the molecule is CN(N=C(CC#N)NC(=O)Nc1cccc(C(F)(F)F)c1)c1ncc(C(F)(F)F)cc1Cl.